The molecule has 0 aromatic heterocycles. The fourth-order valence-electron chi connectivity index (χ4n) is 1.70. The average molecular weight is 204 g/mol. The molecule has 1 saturated carbocycles. The van der Waals surface area contributed by atoms with Gasteiger partial charge in [-0.15, -0.1) is 0 Å². The van der Waals surface area contributed by atoms with E-state index in [-0.39, 0.29) is 0 Å². The van der Waals surface area contributed by atoms with E-state index in [1.807, 2.05) is 6.92 Å². The Morgan fingerprint density at radius 2 is 1.85 bits per heavy atom. The molecule has 0 atom stereocenters. The van der Waals surface area contributed by atoms with Gasteiger partial charge in [-0.3, -0.25) is 4.18 Å². The molecule has 0 aliphatic heterocycles. The van der Waals surface area contributed by atoms with Gasteiger partial charge in [-0.1, -0.05) is 25.8 Å². The minimum Gasteiger partial charge on any atom is -0.260 e. The summed E-state index contributed by atoms with van der Waals surface area (Å²) in [6, 6.07) is 0. The fourth-order valence-corrected chi connectivity index (χ4v) is 2.49. The van der Waals surface area contributed by atoms with Gasteiger partial charge in [0.05, 0.1) is 11.0 Å². The molecule has 0 unspecified atom stereocenters. The lowest BCUT2D eigenvalue weighted by molar-refractivity contribution is 0.0578. The molecule has 3 nitrogen and oxygen atoms in total. The monoisotopic (exact) mass is 204 g/mol. The lowest BCUT2D eigenvalue weighted by Crippen LogP contribution is -2.33. The van der Waals surface area contributed by atoms with Gasteiger partial charge in [0.1, 0.15) is 0 Å². The van der Waals surface area contributed by atoms with Crippen LogP contribution in [0, 0.1) is 0 Å². The van der Waals surface area contributed by atoms with E-state index in [2.05, 4.69) is 6.58 Å². The summed E-state index contributed by atoms with van der Waals surface area (Å²) in [5.41, 5.74) is -0.495. The number of rotatable bonds is 3. The van der Waals surface area contributed by atoms with Crippen LogP contribution in [-0.2, 0) is 14.3 Å². The summed E-state index contributed by atoms with van der Waals surface area (Å²) in [5.74, 6) is 0. The molecule has 0 amide bonds. The van der Waals surface area contributed by atoms with Gasteiger partial charge in [-0.05, 0) is 19.8 Å². The number of hydrogen-bond donors (Lipinski definition) is 0. The molecule has 0 heterocycles. The van der Waals surface area contributed by atoms with Gasteiger partial charge in [0.25, 0.3) is 10.1 Å². The summed E-state index contributed by atoms with van der Waals surface area (Å²) in [5, 5.41) is 0.868. The van der Waals surface area contributed by atoms with Crippen molar-refractivity contribution in [3.63, 3.8) is 0 Å². The molecule has 0 aromatic carbocycles. The molecule has 13 heavy (non-hydrogen) atoms. The van der Waals surface area contributed by atoms with Gasteiger partial charge in [-0.2, -0.15) is 8.42 Å². The zero-order valence-electron chi connectivity index (χ0n) is 7.95. The standard InChI is InChI=1S/C9H16O3S/c1-3-13(10,11)12-9(2)7-5-4-6-8-9/h3H,1,4-8H2,2H3. The zero-order valence-corrected chi connectivity index (χ0v) is 8.77. The van der Waals surface area contributed by atoms with Crippen LogP contribution >= 0.6 is 0 Å². The number of hydrogen-bond acceptors (Lipinski definition) is 3. The Balaban J connectivity index is 2.65. The van der Waals surface area contributed by atoms with Crippen molar-refractivity contribution < 1.29 is 12.6 Å². The SMILES string of the molecule is C=CS(=O)(=O)OC1(C)CCCCC1. The van der Waals surface area contributed by atoms with E-state index >= 15 is 0 Å². The third-order valence-electron chi connectivity index (χ3n) is 2.43. The molecular weight excluding hydrogens is 188 g/mol. The predicted molar refractivity (Wildman–Crippen MR) is 51.7 cm³/mol. The van der Waals surface area contributed by atoms with Gasteiger partial charge in [0, 0.05) is 0 Å². The first kappa shape index (κ1) is 10.7. The van der Waals surface area contributed by atoms with Crippen LogP contribution in [0.5, 0.6) is 0 Å². The zero-order chi connectivity index (χ0) is 9.95. The molecule has 0 radical (unpaired) electrons. The first-order chi connectivity index (χ1) is 5.97. The normalized spacial score (nSPS) is 22.5. The summed E-state index contributed by atoms with van der Waals surface area (Å²) < 4.78 is 27.3. The second-order valence-electron chi connectivity index (χ2n) is 3.75. The molecule has 1 rings (SSSR count). The Kier molecular flexibility index (Phi) is 3.14. The minimum atomic E-state index is -3.51. The van der Waals surface area contributed by atoms with Crippen LogP contribution in [0.4, 0.5) is 0 Å². The van der Waals surface area contributed by atoms with E-state index in [1.54, 1.807) is 0 Å². The molecule has 1 aliphatic rings. The molecule has 0 spiro atoms. The maximum atomic E-state index is 11.1. The molecule has 76 valence electrons. The van der Waals surface area contributed by atoms with Crippen LogP contribution in [0.25, 0.3) is 0 Å². The Bertz CT molecular complexity index is 273. The Hall–Kier alpha value is -0.350. The van der Waals surface area contributed by atoms with Crippen molar-refractivity contribution in [3.05, 3.63) is 12.0 Å². The van der Waals surface area contributed by atoms with Crippen molar-refractivity contribution in [2.24, 2.45) is 0 Å². The molecular formula is C9H16O3S. The van der Waals surface area contributed by atoms with E-state index in [1.165, 1.54) is 6.42 Å². The highest BCUT2D eigenvalue weighted by Crippen LogP contribution is 2.32. The summed E-state index contributed by atoms with van der Waals surface area (Å²) in [4.78, 5) is 0. The minimum absolute atomic E-state index is 0.495. The van der Waals surface area contributed by atoms with Crippen molar-refractivity contribution in [1.82, 2.24) is 0 Å². The topological polar surface area (TPSA) is 43.4 Å². The molecule has 0 N–H and O–H groups in total. The second kappa shape index (κ2) is 3.80. The van der Waals surface area contributed by atoms with Crippen molar-refractivity contribution in [2.75, 3.05) is 0 Å². The third kappa shape index (κ3) is 3.12. The first-order valence-electron chi connectivity index (χ1n) is 4.56. The smallest absolute Gasteiger partial charge is 0.260 e. The van der Waals surface area contributed by atoms with Crippen molar-refractivity contribution in [1.29, 1.82) is 0 Å². The van der Waals surface area contributed by atoms with Crippen LogP contribution in [0.15, 0.2) is 12.0 Å². The highest BCUT2D eigenvalue weighted by molar-refractivity contribution is 7.89. The quantitative estimate of drug-likeness (QED) is 0.662. The maximum absolute atomic E-state index is 11.1. The molecule has 1 aliphatic carbocycles. The molecule has 1 fully saturated rings. The highest BCUT2D eigenvalue weighted by atomic mass is 32.2. The van der Waals surface area contributed by atoms with Crippen molar-refractivity contribution in [3.8, 4) is 0 Å². The van der Waals surface area contributed by atoms with Gasteiger partial charge in [-0.25, -0.2) is 0 Å². The van der Waals surface area contributed by atoms with Crippen molar-refractivity contribution >= 4 is 10.1 Å². The lowest BCUT2D eigenvalue weighted by Gasteiger charge is -2.31. The Morgan fingerprint density at radius 3 is 2.31 bits per heavy atom. The summed E-state index contributed by atoms with van der Waals surface area (Å²) in [7, 11) is -3.51. The second-order valence-corrected chi connectivity index (χ2v) is 5.24. The van der Waals surface area contributed by atoms with Gasteiger partial charge < -0.3 is 0 Å². The van der Waals surface area contributed by atoms with Crippen LogP contribution in [-0.4, -0.2) is 14.0 Å². The van der Waals surface area contributed by atoms with E-state index in [0.29, 0.717) is 0 Å². The van der Waals surface area contributed by atoms with Gasteiger partial charge >= 0.3 is 0 Å². The molecule has 0 saturated heterocycles. The van der Waals surface area contributed by atoms with Gasteiger partial charge in [0.15, 0.2) is 0 Å². The summed E-state index contributed by atoms with van der Waals surface area (Å²) >= 11 is 0. The van der Waals surface area contributed by atoms with Crippen LogP contribution < -0.4 is 0 Å². The van der Waals surface area contributed by atoms with Crippen LogP contribution in [0.2, 0.25) is 0 Å². The lowest BCUT2D eigenvalue weighted by atomic mass is 9.87. The maximum Gasteiger partial charge on any atom is 0.289 e. The van der Waals surface area contributed by atoms with Gasteiger partial charge in [0.2, 0.25) is 0 Å². The molecule has 0 aromatic rings. The summed E-state index contributed by atoms with van der Waals surface area (Å²) in [6.45, 7) is 5.07. The van der Waals surface area contributed by atoms with E-state index in [4.69, 9.17) is 4.18 Å². The summed E-state index contributed by atoms with van der Waals surface area (Å²) in [6.07, 6.45) is 4.90. The Labute approximate surface area is 79.9 Å². The molecule has 4 heteroatoms. The first-order valence-corrected chi connectivity index (χ1v) is 6.03. The Morgan fingerprint density at radius 1 is 1.31 bits per heavy atom. The van der Waals surface area contributed by atoms with E-state index in [9.17, 15) is 8.42 Å². The highest BCUT2D eigenvalue weighted by Gasteiger charge is 2.31. The van der Waals surface area contributed by atoms with Crippen molar-refractivity contribution in [2.45, 2.75) is 44.6 Å². The largest absolute Gasteiger partial charge is 0.289 e. The predicted octanol–water partition coefficient (Wildman–Crippen LogP) is 2.20. The van der Waals surface area contributed by atoms with Crippen LogP contribution in [0.1, 0.15) is 39.0 Å². The fraction of sp³-hybridized carbons (Fsp3) is 0.778. The van der Waals surface area contributed by atoms with E-state index in [0.717, 1.165) is 31.1 Å². The van der Waals surface area contributed by atoms with E-state index < -0.39 is 15.7 Å². The van der Waals surface area contributed by atoms with Crippen LogP contribution in [0.3, 0.4) is 0 Å². The molecule has 0 bridgehead atoms. The third-order valence-corrected chi connectivity index (χ3v) is 3.48. The average Bonchev–Trinajstić information content (AvgIpc) is 2.04.